The van der Waals surface area contributed by atoms with E-state index in [-0.39, 0.29) is 5.69 Å². The highest BCUT2D eigenvalue weighted by molar-refractivity contribution is 5.79. The van der Waals surface area contributed by atoms with Crippen LogP contribution < -0.4 is 15.4 Å². The summed E-state index contributed by atoms with van der Waals surface area (Å²) in [7, 11) is 3.36. The molecule has 0 aliphatic heterocycles. The number of methoxy groups -OCH3 is 1. The molecule has 2 aromatic carbocycles. The summed E-state index contributed by atoms with van der Waals surface area (Å²) in [6, 6.07) is 12.7. The summed E-state index contributed by atoms with van der Waals surface area (Å²) in [5.74, 6) is 1.51. The van der Waals surface area contributed by atoms with Crippen LogP contribution in [0, 0.1) is 17.0 Å². The van der Waals surface area contributed by atoms with E-state index >= 15 is 0 Å². The zero-order valence-electron chi connectivity index (χ0n) is 15.3. The maximum absolute atomic E-state index is 10.8. The van der Waals surface area contributed by atoms with Crippen LogP contribution in [0.25, 0.3) is 0 Å². The summed E-state index contributed by atoms with van der Waals surface area (Å²) in [4.78, 5) is 14.6. The lowest BCUT2D eigenvalue weighted by Gasteiger charge is -2.13. The van der Waals surface area contributed by atoms with Gasteiger partial charge in [0, 0.05) is 32.3 Å². The number of nitrogens with one attached hydrogen (secondary N) is 2. The van der Waals surface area contributed by atoms with Crippen LogP contribution in [0.1, 0.15) is 16.7 Å². The number of rotatable bonds is 7. The quantitative estimate of drug-likeness (QED) is 0.345. The highest BCUT2D eigenvalue weighted by Crippen LogP contribution is 2.19. The monoisotopic (exact) mass is 356 g/mol. The van der Waals surface area contributed by atoms with E-state index < -0.39 is 4.92 Å². The van der Waals surface area contributed by atoms with Crippen molar-refractivity contribution < 1.29 is 9.66 Å². The van der Waals surface area contributed by atoms with Crippen molar-refractivity contribution in [2.24, 2.45) is 4.99 Å². The van der Waals surface area contributed by atoms with Gasteiger partial charge in [-0.3, -0.25) is 15.1 Å². The van der Waals surface area contributed by atoms with Crippen molar-refractivity contribution in [1.29, 1.82) is 0 Å². The Morgan fingerprint density at radius 3 is 2.73 bits per heavy atom. The molecule has 0 amide bonds. The number of nitrogens with zero attached hydrogens (tertiary/aromatic N) is 2. The largest absolute Gasteiger partial charge is 0.496 e. The number of hydrogen-bond donors (Lipinski definition) is 2. The van der Waals surface area contributed by atoms with Gasteiger partial charge >= 0.3 is 0 Å². The molecule has 0 saturated carbocycles. The molecular formula is C19H24N4O3. The highest BCUT2D eigenvalue weighted by Gasteiger charge is 2.07. The minimum atomic E-state index is -0.397. The third kappa shape index (κ3) is 5.47. The average molecular weight is 356 g/mol. The fraction of sp³-hybridized carbons (Fsp3) is 0.316. The maximum atomic E-state index is 10.8. The molecule has 0 bridgehead atoms. The Labute approximate surface area is 153 Å². The van der Waals surface area contributed by atoms with Gasteiger partial charge in [0.2, 0.25) is 0 Å². The zero-order chi connectivity index (χ0) is 18.9. The van der Waals surface area contributed by atoms with Crippen LogP contribution in [0.2, 0.25) is 0 Å². The molecule has 0 unspecified atom stereocenters. The zero-order valence-corrected chi connectivity index (χ0v) is 15.3. The predicted octanol–water partition coefficient (Wildman–Crippen LogP) is 2.82. The number of ether oxygens (including phenoxy) is 1. The number of aryl methyl sites for hydroxylation is 1. The highest BCUT2D eigenvalue weighted by atomic mass is 16.6. The van der Waals surface area contributed by atoms with E-state index in [4.69, 9.17) is 4.74 Å². The van der Waals surface area contributed by atoms with Crippen LogP contribution in [-0.2, 0) is 13.0 Å². The van der Waals surface area contributed by atoms with Crippen LogP contribution in [0.5, 0.6) is 5.75 Å². The van der Waals surface area contributed by atoms with E-state index in [0.29, 0.717) is 19.0 Å². The average Bonchev–Trinajstić information content (AvgIpc) is 2.65. The van der Waals surface area contributed by atoms with E-state index in [2.05, 4.69) is 28.6 Å². The van der Waals surface area contributed by atoms with Gasteiger partial charge in [0.1, 0.15) is 5.75 Å². The predicted molar refractivity (Wildman–Crippen MR) is 103 cm³/mol. The minimum absolute atomic E-state index is 0.0822. The van der Waals surface area contributed by atoms with Crippen LogP contribution in [0.4, 0.5) is 5.69 Å². The molecule has 0 atom stereocenters. The van der Waals surface area contributed by atoms with E-state index in [9.17, 15) is 10.1 Å². The van der Waals surface area contributed by atoms with Gasteiger partial charge in [-0.15, -0.1) is 0 Å². The molecule has 7 heteroatoms. The number of non-ortho nitro benzene ring substituents is 1. The van der Waals surface area contributed by atoms with E-state index in [0.717, 1.165) is 23.3 Å². The second-order valence-corrected chi connectivity index (χ2v) is 5.84. The Morgan fingerprint density at radius 2 is 2.04 bits per heavy atom. The van der Waals surface area contributed by atoms with Crippen LogP contribution >= 0.6 is 0 Å². The number of hydrogen-bond acceptors (Lipinski definition) is 4. The molecule has 0 heterocycles. The number of benzene rings is 2. The standard InChI is InChI=1S/C19H24N4O3/c1-14-7-8-18(26-3)16(11-14)9-10-21-19(20-2)22-13-15-5-4-6-17(12-15)23(24)25/h4-8,11-12H,9-10,13H2,1-3H3,(H2,20,21,22). The maximum Gasteiger partial charge on any atom is 0.269 e. The van der Waals surface area contributed by atoms with E-state index in [1.807, 2.05) is 18.2 Å². The molecule has 2 aromatic rings. The molecule has 0 radical (unpaired) electrons. The normalized spacial score (nSPS) is 11.1. The Balaban J connectivity index is 1.88. The van der Waals surface area contributed by atoms with E-state index in [1.165, 1.54) is 11.6 Å². The van der Waals surface area contributed by atoms with Crippen molar-refractivity contribution >= 4 is 11.6 Å². The topological polar surface area (TPSA) is 88.8 Å². The Kier molecular flexibility index (Phi) is 6.96. The molecule has 26 heavy (non-hydrogen) atoms. The molecule has 0 spiro atoms. The van der Waals surface area contributed by atoms with Crippen LogP contribution in [0.15, 0.2) is 47.5 Å². The molecule has 138 valence electrons. The molecule has 0 saturated heterocycles. The minimum Gasteiger partial charge on any atom is -0.496 e. The molecule has 0 fully saturated rings. The van der Waals surface area contributed by atoms with Gasteiger partial charge in [0.15, 0.2) is 5.96 Å². The van der Waals surface area contributed by atoms with Crippen LogP contribution in [-0.4, -0.2) is 31.6 Å². The Morgan fingerprint density at radius 1 is 1.23 bits per heavy atom. The second kappa shape index (κ2) is 9.41. The summed E-state index contributed by atoms with van der Waals surface area (Å²) >= 11 is 0. The summed E-state index contributed by atoms with van der Waals surface area (Å²) in [5.41, 5.74) is 3.23. The van der Waals surface area contributed by atoms with Crippen molar-refractivity contribution in [2.75, 3.05) is 20.7 Å². The first-order valence-corrected chi connectivity index (χ1v) is 8.35. The lowest BCUT2D eigenvalue weighted by molar-refractivity contribution is -0.384. The van der Waals surface area contributed by atoms with E-state index in [1.54, 1.807) is 26.3 Å². The van der Waals surface area contributed by atoms with Crippen LogP contribution in [0.3, 0.4) is 0 Å². The van der Waals surface area contributed by atoms with Gasteiger partial charge in [-0.05, 0) is 30.5 Å². The summed E-state index contributed by atoms with van der Waals surface area (Å²) in [5, 5.41) is 17.2. The number of guanidine groups is 1. The fourth-order valence-electron chi connectivity index (χ4n) is 2.60. The smallest absolute Gasteiger partial charge is 0.269 e. The molecule has 2 rings (SSSR count). The van der Waals surface area contributed by atoms with Crippen molar-refractivity contribution in [3.05, 3.63) is 69.3 Å². The van der Waals surface area contributed by atoms with Gasteiger partial charge in [-0.25, -0.2) is 0 Å². The second-order valence-electron chi connectivity index (χ2n) is 5.84. The molecule has 0 aromatic heterocycles. The Bertz CT molecular complexity index is 790. The third-order valence-electron chi connectivity index (χ3n) is 3.93. The van der Waals surface area contributed by atoms with Crippen molar-refractivity contribution in [1.82, 2.24) is 10.6 Å². The first-order valence-electron chi connectivity index (χ1n) is 8.35. The van der Waals surface area contributed by atoms with Crippen molar-refractivity contribution in [2.45, 2.75) is 19.9 Å². The first kappa shape index (κ1) is 19.2. The third-order valence-corrected chi connectivity index (χ3v) is 3.93. The van der Waals surface area contributed by atoms with Crippen molar-refractivity contribution in [3.8, 4) is 5.75 Å². The molecular weight excluding hydrogens is 332 g/mol. The summed E-state index contributed by atoms with van der Waals surface area (Å²) < 4.78 is 5.39. The number of nitro groups is 1. The number of nitro benzene ring substituents is 1. The fourth-order valence-corrected chi connectivity index (χ4v) is 2.60. The van der Waals surface area contributed by atoms with Gasteiger partial charge in [0.25, 0.3) is 5.69 Å². The van der Waals surface area contributed by atoms with Crippen molar-refractivity contribution in [3.63, 3.8) is 0 Å². The lowest BCUT2D eigenvalue weighted by Crippen LogP contribution is -2.37. The molecule has 2 N–H and O–H groups in total. The lowest BCUT2D eigenvalue weighted by atomic mass is 10.1. The Hall–Kier alpha value is -3.09. The molecule has 7 nitrogen and oxygen atoms in total. The summed E-state index contributed by atoms with van der Waals surface area (Å²) in [6.07, 6.45) is 0.794. The molecule has 0 aliphatic carbocycles. The van der Waals surface area contributed by atoms with Gasteiger partial charge < -0.3 is 15.4 Å². The number of aliphatic imine (C=N–C) groups is 1. The first-order chi connectivity index (χ1) is 12.5. The SMILES string of the molecule is CN=C(NCCc1cc(C)ccc1OC)NCc1cccc([N+](=O)[O-])c1. The van der Waals surface area contributed by atoms with Gasteiger partial charge in [0.05, 0.1) is 12.0 Å². The van der Waals surface area contributed by atoms with Gasteiger partial charge in [-0.2, -0.15) is 0 Å². The molecule has 0 aliphatic rings. The summed E-state index contributed by atoms with van der Waals surface area (Å²) in [6.45, 7) is 3.19. The van der Waals surface area contributed by atoms with Gasteiger partial charge in [-0.1, -0.05) is 29.8 Å².